The third-order valence-corrected chi connectivity index (χ3v) is 1.76. The number of anilines is 1. The summed E-state index contributed by atoms with van der Waals surface area (Å²) >= 11 is 0. The van der Waals surface area contributed by atoms with Crippen molar-refractivity contribution < 1.29 is 13.9 Å². The highest BCUT2D eigenvalue weighted by atomic mass is 19.1. The summed E-state index contributed by atoms with van der Waals surface area (Å²) in [5.41, 5.74) is 0.364. The number of benzene rings is 1. The van der Waals surface area contributed by atoms with E-state index >= 15 is 0 Å². The van der Waals surface area contributed by atoms with Crippen LogP contribution in [0.1, 0.15) is 13.3 Å². The first-order chi connectivity index (χ1) is 7.67. The molecule has 0 spiro atoms. The van der Waals surface area contributed by atoms with E-state index in [1.165, 1.54) is 18.2 Å². The maximum Gasteiger partial charge on any atom is 0.238 e. The van der Waals surface area contributed by atoms with E-state index in [1.807, 2.05) is 0 Å². The van der Waals surface area contributed by atoms with E-state index in [1.54, 1.807) is 13.0 Å². The van der Waals surface area contributed by atoms with Gasteiger partial charge in [0.2, 0.25) is 5.91 Å². The number of nitrogens with one attached hydrogen (secondary N) is 1. The first-order valence-corrected chi connectivity index (χ1v) is 4.76. The molecule has 0 fully saturated rings. The Balaban J connectivity index is 2.86. The summed E-state index contributed by atoms with van der Waals surface area (Å²) in [5, 5.41) is 10.8. The van der Waals surface area contributed by atoms with Crippen LogP contribution < -0.4 is 10.1 Å². The van der Waals surface area contributed by atoms with Gasteiger partial charge in [-0.25, -0.2) is 4.39 Å². The molecule has 0 saturated heterocycles. The lowest BCUT2D eigenvalue weighted by Crippen LogP contribution is -2.11. The van der Waals surface area contributed by atoms with Crippen molar-refractivity contribution in [2.24, 2.45) is 0 Å². The quantitative estimate of drug-likeness (QED) is 0.848. The van der Waals surface area contributed by atoms with E-state index in [0.717, 1.165) is 0 Å². The standard InChI is InChI=1S/C11H11FN2O2/c1-2-16-10-7-8(12)3-4-9(10)14-11(15)5-6-13/h3-4,7H,2,5H2,1H3,(H,14,15). The van der Waals surface area contributed by atoms with Gasteiger partial charge in [0.05, 0.1) is 18.4 Å². The van der Waals surface area contributed by atoms with Crippen LogP contribution in [0.3, 0.4) is 0 Å². The Hall–Kier alpha value is -2.09. The maximum absolute atomic E-state index is 12.9. The van der Waals surface area contributed by atoms with Crippen molar-refractivity contribution in [3.05, 3.63) is 24.0 Å². The summed E-state index contributed by atoms with van der Waals surface area (Å²) in [4.78, 5) is 11.2. The van der Waals surface area contributed by atoms with Crippen molar-refractivity contribution in [3.8, 4) is 11.8 Å². The van der Waals surface area contributed by atoms with Crippen LogP contribution in [0.5, 0.6) is 5.75 Å². The topological polar surface area (TPSA) is 62.1 Å². The number of amides is 1. The lowest BCUT2D eigenvalue weighted by atomic mass is 10.2. The van der Waals surface area contributed by atoms with Crippen LogP contribution in [-0.4, -0.2) is 12.5 Å². The predicted octanol–water partition coefficient (Wildman–Crippen LogP) is 2.08. The van der Waals surface area contributed by atoms with E-state index in [4.69, 9.17) is 10.00 Å². The number of carbonyl (C=O) groups is 1. The van der Waals surface area contributed by atoms with Crippen molar-refractivity contribution >= 4 is 11.6 Å². The third kappa shape index (κ3) is 3.24. The molecule has 0 unspecified atom stereocenters. The molecule has 1 amide bonds. The van der Waals surface area contributed by atoms with Gasteiger partial charge in [0.15, 0.2) is 0 Å². The largest absolute Gasteiger partial charge is 0.492 e. The molecular formula is C11H11FN2O2. The zero-order valence-corrected chi connectivity index (χ0v) is 8.79. The number of halogens is 1. The summed E-state index contributed by atoms with van der Waals surface area (Å²) in [5.74, 6) is -0.634. The average Bonchev–Trinajstić information content (AvgIpc) is 2.23. The Labute approximate surface area is 92.6 Å². The summed E-state index contributed by atoms with van der Waals surface area (Å²) in [6.45, 7) is 2.12. The summed E-state index contributed by atoms with van der Waals surface area (Å²) in [7, 11) is 0. The molecule has 84 valence electrons. The first kappa shape index (κ1) is 12.0. The molecule has 0 aliphatic rings. The molecule has 5 heteroatoms. The van der Waals surface area contributed by atoms with Gasteiger partial charge in [-0.3, -0.25) is 4.79 Å². The minimum Gasteiger partial charge on any atom is -0.492 e. The molecule has 4 nitrogen and oxygen atoms in total. The van der Waals surface area contributed by atoms with Gasteiger partial charge in [-0.1, -0.05) is 0 Å². The van der Waals surface area contributed by atoms with Gasteiger partial charge in [-0.05, 0) is 19.1 Å². The monoisotopic (exact) mass is 222 g/mol. The van der Waals surface area contributed by atoms with Crippen molar-refractivity contribution in [1.82, 2.24) is 0 Å². The smallest absolute Gasteiger partial charge is 0.238 e. The van der Waals surface area contributed by atoms with Crippen LogP contribution in [0.25, 0.3) is 0 Å². The van der Waals surface area contributed by atoms with Gasteiger partial charge in [0.1, 0.15) is 18.0 Å². The highest BCUT2D eigenvalue weighted by Crippen LogP contribution is 2.25. The molecule has 1 aromatic rings. The van der Waals surface area contributed by atoms with Gasteiger partial charge in [0.25, 0.3) is 0 Å². The minimum atomic E-state index is -0.449. The molecule has 0 radical (unpaired) electrons. The number of hydrogen-bond acceptors (Lipinski definition) is 3. The Morgan fingerprint density at radius 1 is 1.62 bits per heavy atom. The van der Waals surface area contributed by atoms with Crippen LogP contribution in [0.2, 0.25) is 0 Å². The number of rotatable bonds is 4. The normalized spacial score (nSPS) is 9.31. The summed E-state index contributed by atoms with van der Waals surface area (Å²) in [6, 6.07) is 5.52. The number of nitriles is 1. The van der Waals surface area contributed by atoms with Gasteiger partial charge in [0, 0.05) is 6.07 Å². The lowest BCUT2D eigenvalue weighted by Gasteiger charge is -2.10. The van der Waals surface area contributed by atoms with E-state index < -0.39 is 11.7 Å². The Morgan fingerprint density at radius 3 is 3.00 bits per heavy atom. The van der Waals surface area contributed by atoms with E-state index in [9.17, 15) is 9.18 Å². The van der Waals surface area contributed by atoms with Gasteiger partial charge in [-0.15, -0.1) is 0 Å². The molecule has 16 heavy (non-hydrogen) atoms. The fourth-order valence-electron chi connectivity index (χ4n) is 1.14. The predicted molar refractivity (Wildman–Crippen MR) is 56.4 cm³/mol. The molecule has 0 saturated carbocycles. The van der Waals surface area contributed by atoms with Crippen molar-refractivity contribution in [3.63, 3.8) is 0 Å². The molecule has 0 aliphatic carbocycles. The van der Waals surface area contributed by atoms with Crippen molar-refractivity contribution in [2.45, 2.75) is 13.3 Å². The molecule has 0 bridgehead atoms. The van der Waals surface area contributed by atoms with Crippen LogP contribution in [0, 0.1) is 17.1 Å². The second-order valence-corrected chi connectivity index (χ2v) is 2.96. The number of nitrogens with zero attached hydrogens (tertiary/aromatic N) is 1. The van der Waals surface area contributed by atoms with Crippen LogP contribution in [0.4, 0.5) is 10.1 Å². The molecule has 0 aromatic heterocycles. The third-order valence-electron chi connectivity index (χ3n) is 1.76. The Kier molecular flexibility index (Phi) is 4.28. The summed E-state index contributed by atoms with van der Waals surface area (Å²) in [6.07, 6.45) is -0.247. The highest BCUT2D eigenvalue weighted by Gasteiger charge is 2.08. The zero-order chi connectivity index (χ0) is 12.0. The highest BCUT2D eigenvalue weighted by molar-refractivity contribution is 5.93. The van der Waals surface area contributed by atoms with E-state index in [0.29, 0.717) is 12.3 Å². The van der Waals surface area contributed by atoms with Gasteiger partial charge >= 0.3 is 0 Å². The van der Waals surface area contributed by atoms with Crippen LogP contribution >= 0.6 is 0 Å². The molecule has 1 rings (SSSR count). The summed E-state index contributed by atoms with van der Waals surface area (Å²) < 4.78 is 18.1. The maximum atomic E-state index is 12.9. The van der Waals surface area contributed by atoms with E-state index in [-0.39, 0.29) is 12.2 Å². The number of carbonyl (C=O) groups excluding carboxylic acids is 1. The molecular weight excluding hydrogens is 211 g/mol. The second kappa shape index (κ2) is 5.71. The second-order valence-electron chi connectivity index (χ2n) is 2.96. The number of hydrogen-bond donors (Lipinski definition) is 1. The molecule has 0 heterocycles. The first-order valence-electron chi connectivity index (χ1n) is 4.76. The van der Waals surface area contributed by atoms with E-state index in [2.05, 4.69) is 5.32 Å². The fraction of sp³-hybridized carbons (Fsp3) is 0.273. The molecule has 0 aliphatic heterocycles. The average molecular weight is 222 g/mol. The SMILES string of the molecule is CCOc1cc(F)ccc1NC(=O)CC#N. The molecule has 1 N–H and O–H groups in total. The Morgan fingerprint density at radius 2 is 2.38 bits per heavy atom. The van der Waals surface area contributed by atoms with Crippen molar-refractivity contribution in [1.29, 1.82) is 5.26 Å². The fourth-order valence-corrected chi connectivity index (χ4v) is 1.14. The molecule has 1 aromatic carbocycles. The van der Waals surface area contributed by atoms with Gasteiger partial charge < -0.3 is 10.1 Å². The molecule has 0 atom stereocenters. The number of ether oxygens (including phenoxy) is 1. The van der Waals surface area contributed by atoms with Crippen molar-refractivity contribution in [2.75, 3.05) is 11.9 Å². The van der Waals surface area contributed by atoms with Crippen LogP contribution in [0.15, 0.2) is 18.2 Å². The lowest BCUT2D eigenvalue weighted by molar-refractivity contribution is -0.115. The minimum absolute atomic E-state index is 0.247. The zero-order valence-electron chi connectivity index (χ0n) is 8.79. The van der Waals surface area contributed by atoms with Crippen LogP contribution in [-0.2, 0) is 4.79 Å². The Bertz CT molecular complexity index is 426. The van der Waals surface area contributed by atoms with Gasteiger partial charge in [-0.2, -0.15) is 5.26 Å².